The number of imidazole rings is 1. The first-order valence-electron chi connectivity index (χ1n) is 8.60. The molecule has 122 valence electrons. The third-order valence-corrected chi connectivity index (χ3v) is 5.26. The van der Waals surface area contributed by atoms with Gasteiger partial charge in [0.05, 0.1) is 17.9 Å². The third-order valence-electron chi connectivity index (χ3n) is 5.26. The summed E-state index contributed by atoms with van der Waals surface area (Å²) in [5, 5.41) is 0. The first-order chi connectivity index (χ1) is 11.1. The predicted molar refractivity (Wildman–Crippen MR) is 88.6 cm³/mol. The number of hydrogen-bond acceptors (Lipinski definition) is 2. The standard InChI is InChI=1S/C18H24N4O/c1-13-10-17(14(2)22(13)15-5-6-15)18(23)20-8-3-4-16(11-20)21-9-7-19-12-21/h7,9-10,12,15-16H,3-6,8,11H2,1-2H3/t16-/m0/s1. The van der Waals surface area contributed by atoms with Gasteiger partial charge in [-0.3, -0.25) is 4.79 Å². The van der Waals surface area contributed by atoms with Crippen molar-refractivity contribution >= 4 is 5.91 Å². The first-order valence-corrected chi connectivity index (χ1v) is 8.60. The van der Waals surface area contributed by atoms with Gasteiger partial charge in [0, 0.05) is 42.9 Å². The summed E-state index contributed by atoms with van der Waals surface area (Å²) in [6, 6.07) is 3.05. The van der Waals surface area contributed by atoms with Crippen LogP contribution in [-0.2, 0) is 0 Å². The number of carbonyl (C=O) groups excluding carboxylic acids is 1. The summed E-state index contributed by atoms with van der Waals surface area (Å²) in [5.41, 5.74) is 3.25. The number of aryl methyl sites for hydroxylation is 1. The van der Waals surface area contributed by atoms with E-state index in [1.54, 1.807) is 0 Å². The summed E-state index contributed by atoms with van der Waals surface area (Å²) in [7, 11) is 0. The van der Waals surface area contributed by atoms with Gasteiger partial charge in [0.2, 0.25) is 0 Å². The molecule has 1 saturated carbocycles. The molecule has 0 N–H and O–H groups in total. The number of hydrogen-bond donors (Lipinski definition) is 0. The molecule has 1 aliphatic heterocycles. The first kappa shape index (κ1) is 14.5. The maximum absolute atomic E-state index is 13.0. The molecule has 1 saturated heterocycles. The van der Waals surface area contributed by atoms with Crippen LogP contribution in [0, 0.1) is 13.8 Å². The molecule has 0 aromatic carbocycles. The van der Waals surface area contributed by atoms with Gasteiger partial charge in [-0.05, 0) is 45.6 Å². The van der Waals surface area contributed by atoms with Crippen LogP contribution in [0.15, 0.2) is 24.8 Å². The summed E-state index contributed by atoms with van der Waals surface area (Å²) < 4.78 is 4.48. The van der Waals surface area contributed by atoms with Crippen molar-refractivity contribution in [2.75, 3.05) is 13.1 Å². The van der Waals surface area contributed by atoms with Crippen LogP contribution in [0.2, 0.25) is 0 Å². The lowest BCUT2D eigenvalue weighted by molar-refractivity contribution is 0.0678. The molecule has 0 unspecified atom stereocenters. The molecule has 5 heteroatoms. The average Bonchev–Trinajstić information content (AvgIpc) is 3.13. The van der Waals surface area contributed by atoms with Gasteiger partial charge < -0.3 is 14.0 Å². The molecule has 0 bridgehead atoms. The molecule has 0 radical (unpaired) electrons. The maximum atomic E-state index is 13.0. The average molecular weight is 312 g/mol. The van der Waals surface area contributed by atoms with Gasteiger partial charge in [-0.2, -0.15) is 0 Å². The molecule has 2 aromatic rings. The van der Waals surface area contributed by atoms with Crippen LogP contribution in [0.4, 0.5) is 0 Å². The van der Waals surface area contributed by atoms with Crippen molar-refractivity contribution < 1.29 is 4.79 Å². The summed E-state index contributed by atoms with van der Waals surface area (Å²) in [6.07, 6.45) is 10.3. The number of amides is 1. The third kappa shape index (κ3) is 2.58. The molecule has 3 heterocycles. The van der Waals surface area contributed by atoms with Crippen molar-refractivity contribution in [3.05, 3.63) is 41.7 Å². The van der Waals surface area contributed by atoms with E-state index in [0.29, 0.717) is 12.1 Å². The van der Waals surface area contributed by atoms with E-state index in [4.69, 9.17) is 0 Å². The molecular formula is C18H24N4O. The largest absolute Gasteiger partial charge is 0.345 e. The van der Waals surface area contributed by atoms with Gasteiger partial charge >= 0.3 is 0 Å². The van der Waals surface area contributed by atoms with Crippen LogP contribution >= 0.6 is 0 Å². The van der Waals surface area contributed by atoms with E-state index in [2.05, 4.69) is 34.0 Å². The van der Waals surface area contributed by atoms with E-state index in [0.717, 1.165) is 37.2 Å². The van der Waals surface area contributed by atoms with E-state index in [1.165, 1.54) is 18.5 Å². The van der Waals surface area contributed by atoms with E-state index in [1.807, 2.05) is 23.6 Å². The Hall–Kier alpha value is -2.04. The van der Waals surface area contributed by atoms with Crippen molar-refractivity contribution in [3.8, 4) is 0 Å². The van der Waals surface area contributed by atoms with Crippen LogP contribution in [0.5, 0.6) is 0 Å². The van der Waals surface area contributed by atoms with Crippen LogP contribution < -0.4 is 0 Å². The number of carbonyl (C=O) groups is 1. The minimum absolute atomic E-state index is 0.190. The van der Waals surface area contributed by atoms with Crippen LogP contribution in [0.3, 0.4) is 0 Å². The molecule has 0 spiro atoms. The highest BCUT2D eigenvalue weighted by molar-refractivity contribution is 5.95. The fourth-order valence-corrected chi connectivity index (χ4v) is 3.93. The highest BCUT2D eigenvalue weighted by Gasteiger charge is 2.31. The predicted octanol–water partition coefficient (Wildman–Crippen LogP) is 3.11. The molecular weight excluding hydrogens is 288 g/mol. The van der Waals surface area contributed by atoms with E-state index in [9.17, 15) is 4.79 Å². The minimum atomic E-state index is 0.190. The maximum Gasteiger partial charge on any atom is 0.255 e. The Labute approximate surface area is 136 Å². The Morgan fingerprint density at radius 2 is 2.04 bits per heavy atom. The normalized spacial score (nSPS) is 21.7. The van der Waals surface area contributed by atoms with Crippen molar-refractivity contribution in [1.82, 2.24) is 19.0 Å². The molecule has 4 rings (SSSR count). The molecule has 2 aliphatic rings. The van der Waals surface area contributed by atoms with Gasteiger partial charge in [0.1, 0.15) is 0 Å². The van der Waals surface area contributed by atoms with Crippen molar-refractivity contribution in [2.24, 2.45) is 0 Å². The Morgan fingerprint density at radius 3 is 2.74 bits per heavy atom. The summed E-state index contributed by atoms with van der Waals surface area (Å²) in [6.45, 7) is 5.85. The molecule has 2 aromatic heterocycles. The van der Waals surface area contributed by atoms with E-state index >= 15 is 0 Å². The molecule has 23 heavy (non-hydrogen) atoms. The van der Waals surface area contributed by atoms with Gasteiger partial charge in [-0.25, -0.2) is 4.98 Å². The lowest BCUT2D eigenvalue weighted by atomic mass is 10.0. The molecule has 1 amide bonds. The second kappa shape index (κ2) is 5.55. The highest BCUT2D eigenvalue weighted by Crippen LogP contribution is 2.38. The van der Waals surface area contributed by atoms with Gasteiger partial charge in [-0.15, -0.1) is 0 Å². The van der Waals surface area contributed by atoms with Crippen LogP contribution in [0.1, 0.15) is 59.5 Å². The number of aromatic nitrogens is 3. The second-order valence-electron chi connectivity index (χ2n) is 6.94. The molecule has 1 aliphatic carbocycles. The lowest BCUT2D eigenvalue weighted by Crippen LogP contribution is -2.40. The van der Waals surface area contributed by atoms with E-state index in [-0.39, 0.29) is 5.91 Å². The summed E-state index contributed by atoms with van der Waals surface area (Å²) in [5.74, 6) is 0.190. The Balaban J connectivity index is 1.56. The molecule has 2 fully saturated rings. The Bertz CT molecular complexity index is 712. The fraction of sp³-hybridized carbons (Fsp3) is 0.556. The molecule has 1 atom stereocenters. The Morgan fingerprint density at radius 1 is 1.22 bits per heavy atom. The summed E-state index contributed by atoms with van der Waals surface area (Å²) in [4.78, 5) is 19.2. The number of rotatable bonds is 3. The van der Waals surface area contributed by atoms with Crippen LogP contribution in [-0.4, -0.2) is 38.0 Å². The second-order valence-corrected chi connectivity index (χ2v) is 6.94. The number of nitrogens with zero attached hydrogens (tertiary/aromatic N) is 4. The smallest absolute Gasteiger partial charge is 0.255 e. The topological polar surface area (TPSA) is 43.1 Å². The van der Waals surface area contributed by atoms with Crippen molar-refractivity contribution in [2.45, 2.75) is 51.6 Å². The lowest BCUT2D eigenvalue weighted by Gasteiger charge is -2.33. The van der Waals surface area contributed by atoms with Gasteiger partial charge in [0.25, 0.3) is 5.91 Å². The zero-order chi connectivity index (χ0) is 16.0. The highest BCUT2D eigenvalue weighted by atomic mass is 16.2. The van der Waals surface area contributed by atoms with Gasteiger partial charge in [0.15, 0.2) is 0 Å². The van der Waals surface area contributed by atoms with E-state index < -0.39 is 0 Å². The number of likely N-dealkylation sites (tertiary alicyclic amines) is 1. The zero-order valence-electron chi connectivity index (χ0n) is 13.9. The zero-order valence-corrected chi connectivity index (χ0v) is 13.9. The van der Waals surface area contributed by atoms with Gasteiger partial charge in [-0.1, -0.05) is 0 Å². The van der Waals surface area contributed by atoms with Crippen LogP contribution in [0.25, 0.3) is 0 Å². The monoisotopic (exact) mass is 312 g/mol. The number of piperidine rings is 1. The summed E-state index contributed by atoms with van der Waals surface area (Å²) >= 11 is 0. The minimum Gasteiger partial charge on any atom is -0.345 e. The van der Waals surface area contributed by atoms with Crippen molar-refractivity contribution in [1.29, 1.82) is 0 Å². The fourth-order valence-electron chi connectivity index (χ4n) is 3.93. The van der Waals surface area contributed by atoms with Crippen molar-refractivity contribution in [3.63, 3.8) is 0 Å². The SMILES string of the molecule is Cc1cc(C(=O)N2CCC[C@H](n3ccnc3)C2)c(C)n1C1CC1. The quantitative estimate of drug-likeness (QED) is 0.874. The Kier molecular flexibility index (Phi) is 3.51. The molecule has 5 nitrogen and oxygen atoms in total.